The standard InChI is InChI=1S/C15H19NO4S/c17-9-1-3-13-5-7-14(8-6-13)11-16-21(18,19)12-15-4-2-10-20-15/h5-8,15-17H,2,4,9-12H2. The molecular formula is C15H19NO4S. The first-order valence-electron chi connectivity index (χ1n) is 6.87. The minimum Gasteiger partial charge on any atom is -0.384 e. The van der Waals surface area contributed by atoms with Crippen LogP contribution in [0, 0.1) is 11.8 Å². The van der Waals surface area contributed by atoms with Gasteiger partial charge >= 0.3 is 0 Å². The van der Waals surface area contributed by atoms with Gasteiger partial charge in [-0.2, -0.15) is 0 Å². The van der Waals surface area contributed by atoms with Crippen molar-refractivity contribution in [2.75, 3.05) is 19.0 Å². The topological polar surface area (TPSA) is 75.6 Å². The fraction of sp³-hybridized carbons (Fsp3) is 0.467. The Morgan fingerprint density at radius 2 is 2.10 bits per heavy atom. The second-order valence-electron chi connectivity index (χ2n) is 4.89. The van der Waals surface area contributed by atoms with Crippen LogP contribution in [-0.2, 0) is 21.3 Å². The molecule has 0 aromatic heterocycles. The van der Waals surface area contributed by atoms with E-state index in [1.165, 1.54) is 0 Å². The third-order valence-corrected chi connectivity index (χ3v) is 4.59. The van der Waals surface area contributed by atoms with Crippen LogP contribution < -0.4 is 4.72 Å². The molecular weight excluding hydrogens is 290 g/mol. The lowest BCUT2D eigenvalue weighted by molar-refractivity contribution is 0.127. The van der Waals surface area contributed by atoms with Crippen molar-refractivity contribution in [3.63, 3.8) is 0 Å². The molecule has 1 aromatic rings. The molecule has 114 valence electrons. The number of hydrogen-bond donors (Lipinski definition) is 2. The van der Waals surface area contributed by atoms with Gasteiger partial charge in [0.25, 0.3) is 0 Å². The monoisotopic (exact) mass is 309 g/mol. The van der Waals surface area contributed by atoms with E-state index in [0.29, 0.717) is 6.61 Å². The number of ether oxygens (including phenoxy) is 1. The summed E-state index contributed by atoms with van der Waals surface area (Å²) < 4.78 is 31.8. The van der Waals surface area contributed by atoms with Gasteiger partial charge in [-0.1, -0.05) is 24.0 Å². The predicted octanol–water partition coefficient (Wildman–Crippen LogP) is 0.629. The zero-order chi connectivity index (χ0) is 15.1. The maximum atomic E-state index is 11.9. The van der Waals surface area contributed by atoms with Crippen molar-refractivity contribution < 1.29 is 18.3 Å². The zero-order valence-electron chi connectivity index (χ0n) is 11.7. The van der Waals surface area contributed by atoms with Crippen LogP contribution in [0.3, 0.4) is 0 Å². The number of benzene rings is 1. The van der Waals surface area contributed by atoms with Crippen molar-refractivity contribution in [2.45, 2.75) is 25.5 Å². The molecule has 2 N–H and O–H groups in total. The summed E-state index contributed by atoms with van der Waals surface area (Å²) in [6.07, 6.45) is 1.55. The van der Waals surface area contributed by atoms with E-state index in [2.05, 4.69) is 16.6 Å². The average molecular weight is 309 g/mol. The van der Waals surface area contributed by atoms with Crippen LogP contribution in [0.5, 0.6) is 0 Å². The number of nitrogens with one attached hydrogen (secondary N) is 1. The second kappa shape index (κ2) is 7.57. The molecule has 0 spiro atoms. The molecule has 1 atom stereocenters. The van der Waals surface area contributed by atoms with E-state index < -0.39 is 10.0 Å². The molecule has 1 saturated heterocycles. The molecule has 0 aliphatic carbocycles. The van der Waals surface area contributed by atoms with Crippen LogP contribution in [0.1, 0.15) is 24.0 Å². The van der Waals surface area contributed by atoms with Crippen LogP contribution in [0.25, 0.3) is 0 Å². The summed E-state index contributed by atoms with van der Waals surface area (Å²) in [4.78, 5) is 0. The molecule has 2 rings (SSSR count). The van der Waals surface area contributed by atoms with Crippen molar-refractivity contribution in [1.82, 2.24) is 4.72 Å². The van der Waals surface area contributed by atoms with Gasteiger partial charge in [0.2, 0.25) is 10.0 Å². The van der Waals surface area contributed by atoms with Gasteiger partial charge in [0.15, 0.2) is 0 Å². The smallest absolute Gasteiger partial charge is 0.214 e. The summed E-state index contributed by atoms with van der Waals surface area (Å²) in [6, 6.07) is 7.23. The van der Waals surface area contributed by atoms with Gasteiger partial charge < -0.3 is 9.84 Å². The number of aliphatic hydroxyl groups excluding tert-OH is 1. The molecule has 1 unspecified atom stereocenters. The van der Waals surface area contributed by atoms with Gasteiger partial charge in [-0.3, -0.25) is 0 Å². The minimum absolute atomic E-state index is 0.0209. The number of sulfonamides is 1. The summed E-state index contributed by atoms with van der Waals surface area (Å²) >= 11 is 0. The van der Waals surface area contributed by atoms with E-state index in [4.69, 9.17) is 9.84 Å². The second-order valence-corrected chi connectivity index (χ2v) is 6.75. The molecule has 0 amide bonds. The first kappa shape index (κ1) is 16.0. The largest absolute Gasteiger partial charge is 0.384 e. The zero-order valence-corrected chi connectivity index (χ0v) is 12.5. The first-order chi connectivity index (χ1) is 10.1. The van der Waals surface area contributed by atoms with Gasteiger partial charge in [0.05, 0.1) is 11.9 Å². The summed E-state index contributed by atoms with van der Waals surface area (Å²) in [5, 5.41) is 8.61. The third-order valence-electron chi connectivity index (χ3n) is 3.19. The number of aliphatic hydroxyl groups is 1. The Kier molecular flexibility index (Phi) is 5.76. The summed E-state index contributed by atoms with van der Waals surface area (Å²) in [5.41, 5.74) is 1.65. The Morgan fingerprint density at radius 1 is 1.33 bits per heavy atom. The molecule has 1 heterocycles. The summed E-state index contributed by atoms with van der Waals surface area (Å²) in [6.45, 7) is 0.726. The van der Waals surface area contributed by atoms with E-state index >= 15 is 0 Å². The lowest BCUT2D eigenvalue weighted by Gasteiger charge is -2.11. The third kappa shape index (κ3) is 5.48. The highest BCUT2D eigenvalue weighted by Gasteiger charge is 2.22. The predicted molar refractivity (Wildman–Crippen MR) is 80.0 cm³/mol. The molecule has 0 saturated carbocycles. The van der Waals surface area contributed by atoms with Crippen molar-refractivity contribution >= 4 is 10.0 Å². The number of rotatable bonds is 5. The number of hydrogen-bond acceptors (Lipinski definition) is 4. The molecule has 1 aliphatic heterocycles. The van der Waals surface area contributed by atoms with Crippen LogP contribution >= 0.6 is 0 Å². The van der Waals surface area contributed by atoms with Crippen LogP contribution in [0.2, 0.25) is 0 Å². The molecule has 6 heteroatoms. The Balaban J connectivity index is 1.86. The molecule has 21 heavy (non-hydrogen) atoms. The van der Waals surface area contributed by atoms with E-state index in [1.807, 2.05) is 12.1 Å². The van der Waals surface area contributed by atoms with E-state index in [0.717, 1.165) is 24.0 Å². The van der Waals surface area contributed by atoms with Gasteiger partial charge in [-0.25, -0.2) is 13.1 Å². The Hall–Kier alpha value is -1.39. The summed E-state index contributed by atoms with van der Waals surface area (Å²) in [7, 11) is -3.32. The molecule has 5 nitrogen and oxygen atoms in total. The van der Waals surface area contributed by atoms with E-state index in [1.54, 1.807) is 12.1 Å². The normalized spacial score (nSPS) is 18.2. The Morgan fingerprint density at radius 3 is 2.71 bits per heavy atom. The molecule has 1 fully saturated rings. The van der Waals surface area contributed by atoms with Gasteiger partial charge in [0, 0.05) is 18.7 Å². The molecule has 0 radical (unpaired) electrons. The summed E-state index contributed by atoms with van der Waals surface area (Å²) in [5.74, 6) is 5.37. The maximum absolute atomic E-state index is 11.9. The fourth-order valence-corrected chi connectivity index (χ4v) is 3.38. The highest BCUT2D eigenvalue weighted by Crippen LogP contribution is 2.13. The van der Waals surface area contributed by atoms with Crippen LogP contribution in [0.4, 0.5) is 0 Å². The van der Waals surface area contributed by atoms with Gasteiger partial charge in [-0.15, -0.1) is 0 Å². The lowest BCUT2D eigenvalue weighted by Crippen LogP contribution is -2.31. The lowest BCUT2D eigenvalue weighted by atomic mass is 10.1. The van der Waals surface area contributed by atoms with Gasteiger partial charge in [-0.05, 0) is 30.5 Å². The van der Waals surface area contributed by atoms with E-state index in [-0.39, 0.29) is 25.0 Å². The molecule has 1 aromatic carbocycles. The van der Waals surface area contributed by atoms with Crippen molar-refractivity contribution in [3.8, 4) is 11.8 Å². The first-order valence-corrected chi connectivity index (χ1v) is 8.52. The van der Waals surface area contributed by atoms with Crippen LogP contribution in [0.15, 0.2) is 24.3 Å². The van der Waals surface area contributed by atoms with Crippen molar-refractivity contribution in [3.05, 3.63) is 35.4 Å². The van der Waals surface area contributed by atoms with Crippen molar-refractivity contribution in [2.24, 2.45) is 0 Å². The SMILES string of the molecule is O=S(=O)(CC1CCCO1)NCc1ccc(C#CCO)cc1. The highest BCUT2D eigenvalue weighted by molar-refractivity contribution is 7.89. The average Bonchev–Trinajstić information content (AvgIpc) is 2.96. The Bertz CT molecular complexity index is 607. The highest BCUT2D eigenvalue weighted by atomic mass is 32.2. The van der Waals surface area contributed by atoms with Gasteiger partial charge in [0.1, 0.15) is 6.61 Å². The van der Waals surface area contributed by atoms with E-state index in [9.17, 15) is 8.42 Å². The fourth-order valence-electron chi connectivity index (χ4n) is 2.12. The minimum atomic E-state index is -3.32. The molecule has 0 bridgehead atoms. The molecule has 1 aliphatic rings. The van der Waals surface area contributed by atoms with Crippen molar-refractivity contribution in [1.29, 1.82) is 0 Å². The van der Waals surface area contributed by atoms with Crippen LogP contribution in [-0.4, -0.2) is 38.6 Å². The maximum Gasteiger partial charge on any atom is 0.214 e. The quantitative estimate of drug-likeness (QED) is 0.782. The Labute approximate surface area is 125 Å².